The van der Waals surface area contributed by atoms with E-state index in [1.807, 2.05) is 0 Å². The van der Waals surface area contributed by atoms with Crippen LogP contribution < -0.4 is 20.9 Å². The van der Waals surface area contributed by atoms with Gasteiger partial charge in [-0.25, -0.2) is 14.4 Å². The molecule has 0 radical (unpaired) electrons. The number of aliphatic carboxylic acids is 1. The molecule has 17 heteroatoms. The number of para-hydroxylation sites is 4. The number of benzene rings is 4. The van der Waals surface area contributed by atoms with Gasteiger partial charge < -0.3 is 45.6 Å². The minimum atomic E-state index is -1.28. The largest absolute Gasteiger partial charge is 0.479 e. The average Bonchev–Trinajstić information content (AvgIpc) is 1.62. The Labute approximate surface area is 699 Å². The van der Waals surface area contributed by atoms with Gasteiger partial charge in [-0.3, -0.25) is 14.4 Å². The van der Waals surface area contributed by atoms with Crippen LogP contribution in [0, 0.1) is 0 Å². The van der Waals surface area contributed by atoms with Crippen molar-refractivity contribution in [1.29, 1.82) is 0 Å². The monoisotopic (exact) mass is 1600 g/mol. The van der Waals surface area contributed by atoms with Gasteiger partial charge in [-0.1, -0.05) is 182 Å². The summed E-state index contributed by atoms with van der Waals surface area (Å²) in [4.78, 5) is 74.3. The van der Waals surface area contributed by atoms with E-state index in [0.29, 0.717) is 31.0 Å². The summed E-state index contributed by atoms with van der Waals surface area (Å²) >= 11 is 0. The van der Waals surface area contributed by atoms with Gasteiger partial charge in [-0.05, 0) is 209 Å². The Morgan fingerprint density at radius 1 is 0.453 bits per heavy atom. The van der Waals surface area contributed by atoms with Crippen molar-refractivity contribution in [3.05, 3.63) is 214 Å². The zero-order valence-corrected chi connectivity index (χ0v) is 73.1. The molecule has 0 spiro atoms. The molecule has 17 nitrogen and oxygen atoms in total. The van der Waals surface area contributed by atoms with Crippen molar-refractivity contribution in [2.75, 3.05) is 50.1 Å². The van der Waals surface area contributed by atoms with E-state index < -0.39 is 42.3 Å². The topological polar surface area (TPSA) is 234 Å². The van der Waals surface area contributed by atoms with Crippen LogP contribution in [0.25, 0.3) is 0 Å². The smallest absolute Gasteiger partial charge is 0.344 e. The first-order chi connectivity index (χ1) is 55.8. The van der Waals surface area contributed by atoms with Crippen molar-refractivity contribution >= 4 is 69.6 Å². The van der Waals surface area contributed by atoms with E-state index in [9.17, 15) is 33.9 Å². The summed E-state index contributed by atoms with van der Waals surface area (Å²) in [7, 11) is 4.38. The fourth-order valence-electron chi connectivity index (χ4n) is 17.2. The molecule has 0 aromatic heterocycles. The lowest BCUT2D eigenvalue weighted by molar-refractivity contribution is -0.401. The molecule has 4 atom stereocenters. The van der Waals surface area contributed by atoms with Crippen molar-refractivity contribution in [3.8, 4) is 0 Å². The first-order valence-corrected chi connectivity index (χ1v) is 43.7. The van der Waals surface area contributed by atoms with E-state index in [-0.39, 0.29) is 27.6 Å². The SMILES string of the molecule is CC(O)C(=O)OC(C)C(=O)NCCCCCCCC(=O)CCCCCN1C(=CC=C2C=C(C=CC3=[N+](C)c4ccccc4C3(C)C)CCC2)C(C)(C)c2ccccc21.CC(O)C(=O)OC(C)C(=O)O.C[N+]1=C(C=CC2=CC(=CC=C3N(CCCCCC(=O)CCCCCCC[NH3+])c4ccccc4C3(C)C)CCC2)C(C)(C)c2ccccc21. The molecule has 0 saturated carbocycles. The van der Waals surface area contributed by atoms with Crippen molar-refractivity contribution < 1.29 is 68.4 Å². The van der Waals surface area contributed by atoms with Crippen LogP contribution in [0.15, 0.2) is 192 Å². The fraction of sp³-hybridized carbons (Fsp3) is 0.520. The summed E-state index contributed by atoms with van der Waals surface area (Å²) in [5.74, 6) is -2.54. The number of fused-ring (bicyclic) bond motifs is 4. The van der Waals surface area contributed by atoms with E-state index in [1.165, 1.54) is 150 Å². The Morgan fingerprint density at radius 2 is 0.812 bits per heavy atom. The number of aliphatic hydroxyl groups is 2. The Morgan fingerprint density at radius 3 is 1.21 bits per heavy atom. The fourth-order valence-corrected chi connectivity index (χ4v) is 17.2. The number of nitrogens with zero attached hydrogens (tertiary/aromatic N) is 4. The Hall–Kier alpha value is -9.16. The van der Waals surface area contributed by atoms with Crippen LogP contribution in [0.4, 0.5) is 22.7 Å². The molecule has 4 aliphatic heterocycles. The zero-order valence-electron chi connectivity index (χ0n) is 73.1. The molecule has 0 saturated heterocycles. The predicted octanol–water partition coefficient (Wildman–Crippen LogP) is 18.9. The molecule has 2 aliphatic carbocycles. The normalized spacial score (nSPS) is 19.1. The van der Waals surface area contributed by atoms with Gasteiger partial charge in [0.1, 0.15) is 37.9 Å². The van der Waals surface area contributed by atoms with E-state index in [4.69, 9.17) is 14.9 Å². The van der Waals surface area contributed by atoms with Gasteiger partial charge in [0.2, 0.25) is 11.4 Å². The third-order valence-electron chi connectivity index (χ3n) is 24.2. The Kier molecular flexibility index (Phi) is 35.6. The highest BCUT2D eigenvalue weighted by atomic mass is 16.6. The second-order valence-electron chi connectivity index (χ2n) is 34.9. The standard InChI is InChI=1S/C50H67N3O5.C44H60N3O.C6H10O5/c1-36(54)48(57)58-37(2)47(56)51-33-18-10-8-9-12-23-40(55)24-13-11-19-34-53-44-28-17-15-26-42(44)50(5,6)46(53)32-30-39-22-20-21-38(35-39)29-31-45-49(3,4)41-25-14-16-27-43(41)52(45)7;1-43(2)37-23-12-14-25-39(37)46(5)41(43)29-27-34-19-18-20-35(33-34)28-30-42-44(3,4)38-24-13-15-26-40(38)47(42)32-17-9-11-22-36(48)21-10-7-6-8-16-31-45;1-3(7)6(10)11-4(2)5(8)9/h14-17,25-32,35-37,54H,8-13,18-24,33-34H2,1-7H3;12-15,23-30,33H,6-11,16-22,31-32,45H2,1-5H3;3-4,7H,1-2H3,(H,8,9)/q;+1;/p+2. The molecule has 6 aliphatic rings. The molecule has 0 fully saturated rings. The molecular weight excluding hydrogens is 1460 g/mol. The number of Topliss-reactive ketones (excluding diaryl/α,β-unsaturated/α-hetero) is 2. The lowest BCUT2D eigenvalue weighted by atomic mass is 9.81. The minimum Gasteiger partial charge on any atom is -0.479 e. The number of carboxylic acid groups (broad SMARTS) is 1. The summed E-state index contributed by atoms with van der Waals surface area (Å²) in [5.41, 5.74) is 25.5. The number of nitrogens with one attached hydrogen (secondary N) is 1. The number of esters is 2. The highest BCUT2D eigenvalue weighted by Crippen LogP contribution is 2.50. The van der Waals surface area contributed by atoms with Crippen molar-refractivity contribution in [3.63, 3.8) is 0 Å². The van der Waals surface area contributed by atoms with Crippen molar-refractivity contribution in [2.24, 2.45) is 0 Å². The van der Waals surface area contributed by atoms with Crippen molar-refractivity contribution in [2.45, 2.75) is 296 Å². The maximum absolute atomic E-state index is 12.7. The first kappa shape index (κ1) is 93.3. The quantitative estimate of drug-likeness (QED) is 0.0159. The number of carbonyl (C=O) groups is 6. The molecule has 4 unspecified atom stereocenters. The molecule has 4 aromatic carbocycles. The minimum absolute atomic E-state index is 0.00581. The van der Waals surface area contributed by atoms with Crippen LogP contribution in [0.1, 0.15) is 272 Å². The van der Waals surface area contributed by atoms with Gasteiger partial charge in [-0.15, -0.1) is 0 Å². The Bertz CT molecular complexity index is 4430. The number of ketones is 2. The summed E-state index contributed by atoms with van der Waals surface area (Å²) in [6.07, 6.45) is 45.4. The molecule has 1 amide bonds. The van der Waals surface area contributed by atoms with Gasteiger partial charge in [0, 0.05) is 114 Å². The number of allylic oxidation sites excluding steroid dienone is 16. The molecule has 10 rings (SSSR count). The zero-order chi connectivity index (χ0) is 85.0. The number of anilines is 2. The maximum Gasteiger partial charge on any atom is 0.344 e. The van der Waals surface area contributed by atoms with Crippen LogP contribution in [-0.2, 0) is 59.9 Å². The summed E-state index contributed by atoms with van der Waals surface area (Å²) in [5, 5.41) is 28.8. The van der Waals surface area contributed by atoms with Crippen LogP contribution in [0.2, 0.25) is 0 Å². The number of hydrogen-bond donors (Lipinski definition) is 5. The molecule has 0 bridgehead atoms. The van der Waals surface area contributed by atoms with Gasteiger partial charge >= 0.3 is 17.9 Å². The lowest BCUT2D eigenvalue weighted by Crippen LogP contribution is -2.50. The molecule has 4 aromatic rings. The Balaban J connectivity index is 0.000000262. The predicted molar refractivity (Wildman–Crippen MR) is 474 cm³/mol. The number of carboxylic acids is 1. The summed E-state index contributed by atoms with van der Waals surface area (Å²) in [6, 6.07) is 35.3. The number of aliphatic hydroxyl groups excluding tert-OH is 2. The molecular formula is C100H139N6O11+3. The number of amides is 1. The third kappa shape index (κ3) is 25.7. The number of quaternary nitrogens is 1. The van der Waals surface area contributed by atoms with Gasteiger partial charge in [0.05, 0.1) is 17.4 Å². The number of ether oxygens (including phenoxy) is 2. The third-order valence-corrected chi connectivity index (χ3v) is 24.2. The van der Waals surface area contributed by atoms with Gasteiger partial charge in [0.15, 0.2) is 23.6 Å². The van der Waals surface area contributed by atoms with Gasteiger partial charge in [0.25, 0.3) is 5.91 Å². The lowest BCUT2D eigenvalue weighted by Gasteiger charge is -2.27. The summed E-state index contributed by atoms with van der Waals surface area (Å²) < 4.78 is 13.9. The number of hydrogen-bond acceptors (Lipinski definition) is 12. The molecule has 4 heterocycles. The first-order valence-electron chi connectivity index (χ1n) is 43.7. The van der Waals surface area contributed by atoms with Crippen LogP contribution in [0.3, 0.4) is 0 Å². The highest BCUT2D eigenvalue weighted by molar-refractivity contribution is 6.04. The van der Waals surface area contributed by atoms with Crippen molar-refractivity contribution in [1.82, 2.24) is 5.32 Å². The van der Waals surface area contributed by atoms with E-state index in [2.05, 4.69) is 262 Å². The van der Waals surface area contributed by atoms with Crippen LogP contribution in [-0.4, -0.2) is 136 Å². The number of rotatable bonds is 39. The molecule has 117 heavy (non-hydrogen) atoms. The average molecular weight is 1600 g/mol. The number of carbonyl (C=O) groups excluding carboxylic acids is 5. The summed E-state index contributed by atoms with van der Waals surface area (Å²) in [6.45, 7) is 27.4. The second kappa shape index (κ2) is 44.6. The highest BCUT2D eigenvalue weighted by Gasteiger charge is 2.45. The number of unbranched alkanes of at least 4 members (excludes halogenated alkanes) is 12. The maximum atomic E-state index is 12.7. The van der Waals surface area contributed by atoms with Crippen LogP contribution in [0.5, 0.6) is 0 Å². The second-order valence-corrected chi connectivity index (χ2v) is 34.9. The van der Waals surface area contributed by atoms with E-state index >= 15 is 0 Å². The van der Waals surface area contributed by atoms with Crippen LogP contribution >= 0.6 is 0 Å². The molecule has 7 N–H and O–H groups in total. The van der Waals surface area contributed by atoms with E-state index in [0.717, 1.165) is 142 Å². The molecule has 632 valence electrons. The van der Waals surface area contributed by atoms with Gasteiger partial charge in [-0.2, -0.15) is 9.15 Å². The van der Waals surface area contributed by atoms with E-state index in [1.54, 1.807) is 0 Å².